The Morgan fingerprint density at radius 2 is 2.08 bits per heavy atom. The van der Waals surface area contributed by atoms with Crippen LogP contribution in [0.3, 0.4) is 0 Å². The molecular weight excluding hydrogens is 306 g/mol. The fraction of sp³-hybridized carbons (Fsp3) is 0.667. The molecule has 6 nitrogen and oxygen atoms in total. The Hall–Kier alpha value is -1.98. The van der Waals surface area contributed by atoms with E-state index in [4.69, 9.17) is 4.42 Å². The predicted octanol–water partition coefficient (Wildman–Crippen LogP) is 2.85. The summed E-state index contributed by atoms with van der Waals surface area (Å²) in [6.07, 6.45) is 2.36. The molecule has 1 aliphatic rings. The summed E-state index contributed by atoms with van der Waals surface area (Å²) in [5.41, 5.74) is -0.208. The molecule has 2 heterocycles. The molecule has 2 rings (SSSR count). The fourth-order valence-corrected chi connectivity index (χ4v) is 3.11. The van der Waals surface area contributed by atoms with Crippen LogP contribution in [0.2, 0.25) is 0 Å². The third-order valence-corrected chi connectivity index (χ3v) is 4.51. The second-order valence-corrected chi connectivity index (χ2v) is 7.37. The van der Waals surface area contributed by atoms with Crippen molar-refractivity contribution in [2.45, 2.75) is 59.0 Å². The number of nitrogens with one attached hydrogen (secondary N) is 2. The van der Waals surface area contributed by atoms with Crippen LogP contribution < -0.4 is 10.6 Å². The zero-order valence-corrected chi connectivity index (χ0v) is 15.3. The molecule has 3 amide bonds. The lowest BCUT2D eigenvalue weighted by atomic mass is 9.85. The minimum Gasteiger partial charge on any atom is -0.464 e. The number of amides is 3. The van der Waals surface area contributed by atoms with Gasteiger partial charge in [-0.15, -0.1) is 0 Å². The second-order valence-electron chi connectivity index (χ2n) is 7.37. The Balaban J connectivity index is 2.17. The molecule has 1 aromatic heterocycles. The number of likely N-dealkylation sites (tertiary alicyclic amines) is 1. The average Bonchev–Trinajstić information content (AvgIpc) is 3.19. The first-order valence-corrected chi connectivity index (χ1v) is 8.65. The fourth-order valence-electron chi connectivity index (χ4n) is 3.11. The van der Waals surface area contributed by atoms with E-state index in [9.17, 15) is 9.59 Å². The van der Waals surface area contributed by atoms with Crippen molar-refractivity contribution < 1.29 is 14.0 Å². The van der Waals surface area contributed by atoms with Gasteiger partial charge in [0.1, 0.15) is 17.6 Å². The molecule has 6 heteroatoms. The number of likely N-dealkylation sites (N-methyl/N-ethyl adjacent to an activating group) is 1. The quantitative estimate of drug-likeness (QED) is 0.888. The largest absolute Gasteiger partial charge is 0.464 e. The minimum absolute atomic E-state index is 0.110. The molecule has 0 radical (unpaired) electrons. The summed E-state index contributed by atoms with van der Waals surface area (Å²) in [6, 6.07) is 3.02. The van der Waals surface area contributed by atoms with Gasteiger partial charge in [-0.3, -0.25) is 4.79 Å². The number of rotatable bonds is 4. The van der Waals surface area contributed by atoms with Crippen LogP contribution in [0.4, 0.5) is 4.79 Å². The van der Waals surface area contributed by atoms with Gasteiger partial charge in [-0.05, 0) is 30.4 Å². The Kier molecular flexibility index (Phi) is 5.57. The molecule has 0 aliphatic carbocycles. The van der Waals surface area contributed by atoms with E-state index in [2.05, 4.69) is 31.4 Å². The Bertz CT molecular complexity index is 589. The van der Waals surface area contributed by atoms with Crippen LogP contribution in [0.5, 0.6) is 0 Å². The highest BCUT2D eigenvalue weighted by molar-refractivity contribution is 5.87. The number of hydrogen-bond donors (Lipinski definition) is 2. The lowest BCUT2D eigenvalue weighted by Gasteiger charge is -2.33. The number of carbonyl (C=O) groups is 2. The summed E-state index contributed by atoms with van der Waals surface area (Å²) < 4.78 is 5.87. The van der Waals surface area contributed by atoms with Crippen LogP contribution >= 0.6 is 0 Å². The van der Waals surface area contributed by atoms with Gasteiger partial charge in [0.2, 0.25) is 5.91 Å². The topological polar surface area (TPSA) is 74.6 Å². The van der Waals surface area contributed by atoms with Crippen molar-refractivity contribution in [3.05, 3.63) is 23.7 Å². The standard InChI is InChI=1S/C18H29N3O3/c1-6-12-9-10-14(24-12)15(18(2,3)4)20-17(23)21-11-7-8-13(21)16(22)19-5/h9-10,13,15H,6-8,11H2,1-5H3,(H,19,22)(H,20,23)/t13-,15-/m0/s1. The highest BCUT2D eigenvalue weighted by Crippen LogP contribution is 2.34. The number of carbonyl (C=O) groups excluding carboxylic acids is 2. The molecule has 134 valence electrons. The van der Waals surface area contributed by atoms with Crippen molar-refractivity contribution in [1.82, 2.24) is 15.5 Å². The van der Waals surface area contributed by atoms with Crippen molar-refractivity contribution >= 4 is 11.9 Å². The lowest BCUT2D eigenvalue weighted by Crippen LogP contribution is -2.51. The lowest BCUT2D eigenvalue weighted by molar-refractivity contribution is -0.124. The molecule has 1 aromatic rings. The van der Waals surface area contributed by atoms with Gasteiger partial charge in [-0.2, -0.15) is 0 Å². The summed E-state index contributed by atoms with van der Waals surface area (Å²) >= 11 is 0. The molecule has 0 bridgehead atoms. The molecule has 1 fully saturated rings. The van der Waals surface area contributed by atoms with Crippen molar-refractivity contribution in [1.29, 1.82) is 0 Å². The van der Waals surface area contributed by atoms with Crippen LogP contribution in [-0.2, 0) is 11.2 Å². The second kappa shape index (κ2) is 7.28. The van der Waals surface area contributed by atoms with Gasteiger partial charge in [0.25, 0.3) is 0 Å². The summed E-state index contributed by atoms with van der Waals surface area (Å²) in [5, 5.41) is 5.71. The normalized spacial score (nSPS) is 19.2. The summed E-state index contributed by atoms with van der Waals surface area (Å²) in [7, 11) is 1.60. The van der Waals surface area contributed by atoms with Crippen LogP contribution in [0.25, 0.3) is 0 Å². The van der Waals surface area contributed by atoms with Gasteiger partial charge in [0.05, 0.1) is 6.04 Å². The summed E-state index contributed by atoms with van der Waals surface area (Å²) in [5.74, 6) is 1.54. The van der Waals surface area contributed by atoms with Crippen LogP contribution in [-0.4, -0.2) is 36.5 Å². The van der Waals surface area contributed by atoms with Crippen LogP contribution in [0.15, 0.2) is 16.5 Å². The molecule has 2 N–H and O–H groups in total. The first kappa shape index (κ1) is 18.4. The Morgan fingerprint density at radius 3 is 2.62 bits per heavy atom. The number of aryl methyl sites for hydroxylation is 1. The first-order chi connectivity index (χ1) is 11.3. The molecule has 0 saturated carbocycles. The Morgan fingerprint density at radius 1 is 1.38 bits per heavy atom. The highest BCUT2D eigenvalue weighted by atomic mass is 16.3. The van der Waals surface area contributed by atoms with E-state index >= 15 is 0 Å². The molecular formula is C18H29N3O3. The van der Waals surface area contributed by atoms with E-state index in [1.54, 1.807) is 11.9 Å². The van der Waals surface area contributed by atoms with E-state index in [0.29, 0.717) is 13.0 Å². The number of urea groups is 1. The zero-order valence-electron chi connectivity index (χ0n) is 15.3. The highest BCUT2D eigenvalue weighted by Gasteiger charge is 2.37. The van der Waals surface area contributed by atoms with Crippen molar-refractivity contribution in [2.75, 3.05) is 13.6 Å². The van der Waals surface area contributed by atoms with Gasteiger partial charge in [-0.25, -0.2) is 4.79 Å². The molecule has 1 aliphatic heterocycles. The molecule has 1 saturated heterocycles. The molecule has 0 unspecified atom stereocenters. The van der Waals surface area contributed by atoms with Crippen molar-refractivity contribution in [2.24, 2.45) is 5.41 Å². The van der Waals surface area contributed by atoms with E-state index in [-0.39, 0.29) is 23.4 Å². The van der Waals surface area contributed by atoms with E-state index in [1.807, 2.05) is 19.1 Å². The third-order valence-electron chi connectivity index (χ3n) is 4.51. The average molecular weight is 335 g/mol. The van der Waals surface area contributed by atoms with Crippen LogP contribution in [0.1, 0.15) is 58.1 Å². The predicted molar refractivity (Wildman–Crippen MR) is 92.6 cm³/mol. The van der Waals surface area contributed by atoms with Crippen LogP contribution in [0, 0.1) is 5.41 Å². The van der Waals surface area contributed by atoms with Crippen molar-refractivity contribution in [3.8, 4) is 0 Å². The van der Waals surface area contributed by atoms with E-state index < -0.39 is 6.04 Å². The molecule has 0 aromatic carbocycles. The molecule has 2 atom stereocenters. The van der Waals surface area contributed by atoms with Gasteiger partial charge in [-0.1, -0.05) is 27.7 Å². The maximum atomic E-state index is 12.8. The van der Waals surface area contributed by atoms with Gasteiger partial charge < -0.3 is 20.0 Å². The summed E-state index contributed by atoms with van der Waals surface area (Å²) in [4.78, 5) is 26.4. The molecule has 24 heavy (non-hydrogen) atoms. The van der Waals surface area contributed by atoms with Gasteiger partial charge >= 0.3 is 6.03 Å². The first-order valence-electron chi connectivity index (χ1n) is 8.65. The van der Waals surface area contributed by atoms with E-state index in [1.165, 1.54) is 0 Å². The third kappa shape index (κ3) is 3.91. The van der Waals surface area contributed by atoms with Gasteiger partial charge in [0, 0.05) is 20.0 Å². The number of hydrogen-bond acceptors (Lipinski definition) is 3. The number of nitrogens with zero attached hydrogens (tertiary/aromatic N) is 1. The summed E-state index contributed by atoms with van der Waals surface area (Å²) in [6.45, 7) is 8.82. The molecule has 0 spiro atoms. The SMILES string of the molecule is CCc1ccc([C@H](NC(=O)N2CCC[C@H]2C(=O)NC)C(C)(C)C)o1. The van der Waals surface area contributed by atoms with Crippen molar-refractivity contribution in [3.63, 3.8) is 0 Å². The minimum atomic E-state index is -0.390. The Labute approximate surface area is 144 Å². The monoisotopic (exact) mass is 335 g/mol. The smallest absolute Gasteiger partial charge is 0.318 e. The maximum absolute atomic E-state index is 12.8. The maximum Gasteiger partial charge on any atom is 0.318 e. The van der Waals surface area contributed by atoms with Gasteiger partial charge in [0.15, 0.2) is 0 Å². The van der Waals surface area contributed by atoms with E-state index in [0.717, 1.165) is 24.4 Å². The zero-order chi connectivity index (χ0) is 17.9. The number of furan rings is 1.